The molecule has 1 aliphatic rings. The number of benzene rings is 1. The Labute approximate surface area is 153 Å². The van der Waals surface area contributed by atoms with Crippen LogP contribution in [0, 0.1) is 0 Å². The molecule has 2 amide bonds. The first-order valence-corrected chi connectivity index (χ1v) is 8.68. The molecule has 0 saturated carbocycles. The monoisotopic (exact) mass is 363 g/mol. The molecule has 1 aromatic carbocycles. The second kappa shape index (κ2) is 10.3. The summed E-state index contributed by atoms with van der Waals surface area (Å²) in [6.45, 7) is 3.89. The van der Waals surface area contributed by atoms with Crippen LogP contribution in [0.4, 0.5) is 4.79 Å². The average Bonchev–Trinajstić information content (AvgIpc) is 2.68. The number of piperidine rings is 1. The van der Waals surface area contributed by atoms with Gasteiger partial charge < -0.3 is 19.1 Å². The number of hydrogen-bond donors (Lipinski definition) is 1. The van der Waals surface area contributed by atoms with Gasteiger partial charge in [-0.2, -0.15) is 5.10 Å². The minimum absolute atomic E-state index is 0.0138. The standard InChI is InChI=1S/C18H25N3O5/c1-3-25-16-11-14(12-19-20-18(23)24-2)7-8-15(16)26-13-17(22)21-9-5-4-6-10-21/h7-8,11-12H,3-6,9-10,13H2,1-2H3,(H,20,23)/b19-12-. The van der Waals surface area contributed by atoms with Crippen LogP contribution in [0.2, 0.25) is 0 Å². The third-order valence-corrected chi connectivity index (χ3v) is 3.88. The van der Waals surface area contributed by atoms with Gasteiger partial charge in [-0.15, -0.1) is 0 Å². The van der Waals surface area contributed by atoms with Gasteiger partial charge in [0.15, 0.2) is 18.1 Å². The van der Waals surface area contributed by atoms with Crippen molar-refractivity contribution in [2.24, 2.45) is 5.10 Å². The highest BCUT2D eigenvalue weighted by molar-refractivity contribution is 5.82. The largest absolute Gasteiger partial charge is 0.490 e. The normalized spacial score (nSPS) is 14.2. The van der Waals surface area contributed by atoms with Gasteiger partial charge in [-0.25, -0.2) is 10.2 Å². The van der Waals surface area contributed by atoms with Crippen LogP contribution in [0.5, 0.6) is 11.5 Å². The SMILES string of the molecule is CCOc1cc(/C=N\NC(=O)OC)ccc1OCC(=O)N1CCCCC1. The molecule has 26 heavy (non-hydrogen) atoms. The number of carbonyl (C=O) groups is 2. The van der Waals surface area contributed by atoms with E-state index in [1.165, 1.54) is 19.7 Å². The van der Waals surface area contributed by atoms with Gasteiger partial charge in [0.25, 0.3) is 5.91 Å². The van der Waals surface area contributed by atoms with E-state index in [0.717, 1.165) is 25.9 Å². The molecule has 8 heteroatoms. The molecule has 1 saturated heterocycles. The van der Waals surface area contributed by atoms with E-state index < -0.39 is 6.09 Å². The fourth-order valence-electron chi connectivity index (χ4n) is 2.57. The van der Waals surface area contributed by atoms with Gasteiger partial charge in [-0.05, 0) is 49.9 Å². The summed E-state index contributed by atoms with van der Waals surface area (Å²) >= 11 is 0. The fraction of sp³-hybridized carbons (Fsp3) is 0.500. The van der Waals surface area contributed by atoms with Gasteiger partial charge in [0.2, 0.25) is 0 Å². The number of rotatable bonds is 7. The van der Waals surface area contributed by atoms with Crippen molar-refractivity contribution >= 4 is 18.2 Å². The van der Waals surface area contributed by atoms with Gasteiger partial charge >= 0.3 is 6.09 Å². The molecule has 0 aromatic heterocycles. The van der Waals surface area contributed by atoms with Crippen molar-refractivity contribution < 1.29 is 23.8 Å². The Morgan fingerprint density at radius 3 is 2.65 bits per heavy atom. The van der Waals surface area contributed by atoms with E-state index in [2.05, 4.69) is 15.3 Å². The van der Waals surface area contributed by atoms with Crippen LogP contribution in [0.25, 0.3) is 0 Å². The lowest BCUT2D eigenvalue weighted by molar-refractivity contribution is -0.134. The molecule has 1 N–H and O–H groups in total. The Morgan fingerprint density at radius 2 is 1.96 bits per heavy atom. The van der Waals surface area contributed by atoms with Crippen molar-refractivity contribution in [1.29, 1.82) is 0 Å². The Morgan fingerprint density at radius 1 is 1.19 bits per heavy atom. The lowest BCUT2D eigenvalue weighted by Crippen LogP contribution is -2.38. The number of hydrogen-bond acceptors (Lipinski definition) is 6. The van der Waals surface area contributed by atoms with E-state index in [9.17, 15) is 9.59 Å². The predicted octanol–water partition coefficient (Wildman–Crippen LogP) is 2.17. The number of amides is 2. The van der Waals surface area contributed by atoms with E-state index in [1.54, 1.807) is 18.2 Å². The minimum Gasteiger partial charge on any atom is -0.490 e. The van der Waals surface area contributed by atoms with Crippen molar-refractivity contribution in [1.82, 2.24) is 10.3 Å². The zero-order valence-corrected chi connectivity index (χ0v) is 15.2. The van der Waals surface area contributed by atoms with Crippen LogP contribution in [0.15, 0.2) is 23.3 Å². The zero-order chi connectivity index (χ0) is 18.8. The summed E-state index contributed by atoms with van der Waals surface area (Å²) in [6.07, 6.45) is 4.07. The molecule has 0 unspecified atom stereocenters. The van der Waals surface area contributed by atoms with E-state index in [1.807, 2.05) is 11.8 Å². The smallest absolute Gasteiger partial charge is 0.427 e. The molecule has 1 fully saturated rings. The number of nitrogens with zero attached hydrogens (tertiary/aromatic N) is 2. The molecule has 8 nitrogen and oxygen atoms in total. The molecule has 142 valence electrons. The van der Waals surface area contributed by atoms with Crippen molar-refractivity contribution in [3.8, 4) is 11.5 Å². The lowest BCUT2D eigenvalue weighted by Gasteiger charge is -2.26. The molecule has 0 radical (unpaired) electrons. The van der Waals surface area contributed by atoms with Crippen molar-refractivity contribution in [2.75, 3.05) is 33.4 Å². The number of carbonyl (C=O) groups excluding carboxylic acids is 2. The number of ether oxygens (including phenoxy) is 3. The minimum atomic E-state index is -0.650. The van der Waals surface area contributed by atoms with E-state index in [0.29, 0.717) is 23.7 Å². The Hall–Kier alpha value is -2.77. The Bertz CT molecular complexity index is 642. The molecule has 0 atom stereocenters. The lowest BCUT2D eigenvalue weighted by atomic mass is 10.1. The fourth-order valence-corrected chi connectivity index (χ4v) is 2.57. The summed E-state index contributed by atoms with van der Waals surface area (Å²) in [7, 11) is 1.26. The van der Waals surface area contributed by atoms with Crippen molar-refractivity contribution in [3.63, 3.8) is 0 Å². The summed E-state index contributed by atoms with van der Waals surface area (Å²) in [5, 5.41) is 3.77. The molecule has 1 heterocycles. The maximum Gasteiger partial charge on any atom is 0.427 e. The third kappa shape index (κ3) is 5.94. The van der Waals surface area contributed by atoms with E-state index >= 15 is 0 Å². The molecule has 0 aliphatic carbocycles. The highest BCUT2D eigenvalue weighted by Gasteiger charge is 2.17. The quantitative estimate of drug-likeness (QED) is 0.592. The van der Waals surface area contributed by atoms with E-state index in [4.69, 9.17) is 9.47 Å². The molecular formula is C18H25N3O5. The molecule has 1 aliphatic heterocycles. The summed E-state index contributed by atoms with van der Waals surface area (Å²) in [4.78, 5) is 25.0. The second-order valence-electron chi connectivity index (χ2n) is 5.73. The number of hydrazone groups is 1. The number of likely N-dealkylation sites (tertiary alicyclic amines) is 1. The summed E-state index contributed by atoms with van der Waals surface area (Å²) in [5.74, 6) is 0.997. The molecule has 2 rings (SSSR count). The first-order valence-electron chi connectivity index (χ1n) is 8.68. The van der Waals surface area contributed by atoms with Crippen LogP contribution in [-0.2, 0) is 9.53 Å². The Kier molecular flexibility index (Phi) is 7.73. The molecule has 1 aromatic rings. The van der Waals surface area contributed by atoms with Crippen LogP contribution in [0.1, 0.15) is 31.7 Å². The Balaban J connectivity index is 1.98. The maximum atomic E-state index is 12.2. The van der Waals surface area contributed by atoms with E-state index in [-0.39, 0.29) is 12.5 Å². The topological polar surface area (TPSA) is 89.5 Å². The summed E-state index contributed by atoms with van der Waals surface area (Å²) in [5.41, 5.74) is 2.92. The van der Waals surface area contributed by atoms with Gasteiger partial charge in [0.1, 0.15) is 0 Å². The van der Waals surface area contributed by atoms with Crippen LogP contribution in [0.3, 0.4) is 0 Å². The first-order chi connectivity index (χ1) is 12.6. The zero-order valence-electron chi connectivity index (χ0n) is 15.2. The van der Waals surface area contributed by atoms with Crippen LogP contribution >= 0.6 is 0 Å². The number of methoxy groups -OCH3 is 1. The number of nitrogens with one attached hydrogen (secondary N) is 1. The molecule has 0 spiro atoms. The van der Waals surface area contributed by atoms with Crippen LogP contribution < -0.4 is 14.9 Å². The van der Waals surface area contributed by atoms with Crippen molar-refractivity contribution in [2.45, 2.75) is 26.2 Å². The predicted molar refractivity (Wildman–Crippen MR) is 96.7 cm³/mol. The summed E-state index contributed by atoms with van der Waals surface area (Å²) < 4.78 is 15.7. The van der Waals surface area contributed by atoms with Gasteiger partial charge in [-0.1, -0.05) is 0 Å². The highest BCUT2D eigenvalue weighted by atomic mass is 16.5. The second-order valence-corrected chi connectivity index (χ2v) is 5.73. The van der Waals surface area contributed by atoms with Gasteiger partial charge in [0, 0.05) is 13.1 Å². The summed E-state index contributed by atoms with van der Waals surface area (Å²) in [6, 6.07) is 5.20. The average molecular weight is 363 g/mol. The highest BCUT2D eigenvalue weighted by Crippen LogP contribution is 2.28. The first kappa shape index (κ1) is 19.6. The third-order valence-electron chi connectivity index (χ3n) is 3.88. The van der Waals surface area contributed by atoms with Gasteiger partial charge in [-0.3, -0.25) is 4.79 Å². The molecular weight excluding hydrogens is 338 g/mol. The van der Waals surface area contributed by atoms with Crippen molar-refractivity contribution in [3.05, 3.63) is 23.8 Å². The molecule has 0 bridgehead atoms. The maximum absolute atomic E-state index is 12.2. The van der Waals surface area contributed by atoms with Gasteiger partial charge in [0.05, 0.1) is 19.9 Å². The van der Waals surface area contributed by atoms with Crippen LogP contribution in [-0.4, -0.2) is 56.5 Å².